The van der Waals surface area contributed by atoms with Crippen LogP contribution in [0.25, 0.3) is 0 Å². The molecule has 1 aromatic rings. The molecule has 0 aromatic heterocycles. The second-order valence-corrected chi connectivity index (χ2v) is 11.8. The van der Waals surface area contributed by atoms with Crippen LogP contribution in [-0.2, 0) is 41.6 Å². The first-order valence-corrected chi connectivity index (χ1v) is 14.3. The van der Waals surface area contributed by atoms with Crippen molar-refractivity contribution in [3.05, 3.63) is 35.4 Å². The van der Waals surface area contributed by atoms with Gasteiger partial charge in [0.05, 0.1) is 18.7 Å². The van der Waals surface area contributed by atoms with Crippen molar-refractivity contribution in [2.75, 3.05) is 13.2 Å². The van der Waals surface area contributed by atoms with E-state index in [1.54, 1.807) is 11.8 Å². The van der Waals surface area contributed by atoms with E-state index in [2.05, 4.69) is 12.2 Å². The Morgan fingerprint density at radius 3 is 2.28 bits per heavy atom. The molecule has 1 aromatic carbocycles. The Balaban J connectivity index is 1.78. The van der Waals surface area contributed by atoms with E-state index in [9.17, 15) is 24.0 Å². The Kier molecular flexibility index (Phi) is 10.6. The van der Waals surface area contributed by atoms with Gasteiger partial charge in [0.2, 0.25) is 11.8 Å². The van der Waals surface area contributed by atoms with Crippen LogP contribution in [0.2, 0.25) is 0 Å². The van der Waals surface area contributed by atoms with Gasteiger partial charge in [-0.15, -0.1) is 0 Å². The molecule has 4 atom stereocenters. The van der Waals surface area contributed by atoms with Crippen molar-refractivity contribution in [1.29, 1.82) is 0 Å². The minimum absolute atomic E-state index is 0.0289. The summed E-state index contributed by atoms with van der Waals surface area (Å²) in [5.74, 6) is -1.40. The third-order valence-electron chi connectivity index (χ3n) is 7.81. The molecular weight excluding hydrogens is 496 g/mol. The van der Waals surface area contributed by atoms with Gasteiger partial charge in [0.1, 0.15) is 11.4 Å². The van der Waals surface area contributed by atoms with Crippen molar-refractivity contribution in [2.45, 2.75) is 104 Å². The number of rotatable bonds is 15. The van der Waals surface area contributed by atoms with Gasteiger partial charge in [-0.05, 0) is 63.0 Å². The summed E-state index contributed by atoms with van der Waals surface area (Å²) in [4.78, 5) is 66.1. The van der Waals surface area contributed by atoms with E-state index in [-0.39, 0.29) is 54.3 Å². The second kappa shape index (κ2) is 13.5. The fraction of sp³-hybridized carbons (Fsp3) is 0.645. The van der Waals surface area contributed by atoms with Crippen molar-refractivity contribution in [2.24, 2.45) is 11.8 Å². The zero-order chi connectivity index (χ0) is 28.7. The lowest BCUT2D eigenvalue weighted by Crippen LogP contribution is -2.49. The van der Waals surface area contributed by atoms with E-state index in [0.717, 1.165) is 12.0 Å². The Bertz CT molecular complexity index is 1060. The van der Waals surface area contributed by atoms with Crippen LogP contribution in [-0.4, -0.2) is 64.9 Å². The van der Waals surface area contributed by atoms with Crippen molar-refractivity contribution in [1.82, 2.24) is 10.2 Å². The lowest BCUT2D eigenvalue weighted by molar-refractivity contribution is -0.139. The summed E-state index contributed by atoms with van der Waals surface area (Å²) in [5.41, 5.74) is 1.26. The van der Waals surface area contributed by atoms with Crippen molar-refractivity contribution >= 4 is 29.2 Å². The molecule has 0 spiro atoms. The smallest absolute Gasteiger partial charge is 0.224 e. The van der Waals surface area contributed by atoms with E-state index in [0.29, 0.717) is 38.8 Å². The molecule has 39 heavy (non-hydrogen) atoms. The Morgan fingerprint density at radius 2 is 1.72 bits per heavy atom. The van der Waals surface area contributed by atoms with Gasteiger partial charge in [-0.2, -0.15) is 0 Å². The molecule has 0 bridgehead atoms. The molecule has 0 unspecified atom stereocenters. The normalized spacial score (nSPS) is 21.9. The predicted molar refractivity (Wildman–Crippen MR) is 148 cm³/mol. The molecule has 2 saturated heterocycles. The molecule has 0 radical (unpaired) electrons. The topological polar surface area (TPSA) is 113 Å². The number of nitrogens with zero attached hydrogens (tertiary/aromatic N) is 1. The number of carbonyl (C=O) groups excluding carboxylic acids is 5. The molecule has 2 amide bonds. The number of Topliss-reactive ketones (excluding diaryl/α,β-unsaturated/α-hetero) is 3. The number of benzene rings is 1. The third-order valence-corrected chi connectivity index (χ3v) is 7.81. The average molecular weight is 541 g/mol. The number of hydrogen-bond acceptors (Lipinski definition) is 6. The molecule has 2 aliphatic heterocycles. The van der Waals surface area contributed by atoms with Gasteiger partial charge in [0.15, 0.2) is 11.6 Å². The van der Waals surface area contributed by atoms with Gasteiger partial charge in [0.25, 0.3) is 0 Å². The molecule has 0 aliphatic carbocycles. The number of likely N-dealkylation sites (tertiary alicyclic amines) is 1. The number of nitrogens with one attached hydrogen (secondary N) is 1. The highest BCUT2D eigenvalue weighted by Crippen LogP contribution is 2.30. The third kappa shape index (κ3) is 8.56. The summed E-state index contributed by atoms with van der Waals surface area (Å²) in [7, 11) is 0. The van der Waals surface area contributed by atoms with Gasteiger partial charge in [0, 0.05) is 31.7 Å². The Morgan fingerprint density at radius 1 is 1.08 bits per heavy atom. The molecule has 2 aliphatic rings. The zero-order valence-corrected chi connectivity index (χ0v) is 24.1. The first-order chi connectivity index (χ1) is 18.4. The Labute approximate surface area is 232 Å². The van der Waals surface area contributed by atoms with Crippen LogP contribution >= 0.6 is 0 Å². The first-order valence-electron chi connectivity index (χ1n) is 14.3. The molecule has 3 rings (SSSR count). The summed E-state index contributed by atoms with van der Waals surface area (Å²) >= 11 is 0. The number of amides is 2. The molecule has 1 N–H and O–H groups in total. The lowest BCUT2D eigenvalue weighted by Gasteiger charge is -2.27. The van der Waals surface area contributed by atoms with E-state index >= 15 is 0 Å². The molecule has 2 heterocycles. The largest absolute Gasteiger partial charge is 0.361 e. The number of hydrogen-bond donors (Lipinski definition) is 1. The maximum atomic E-state index is 13.7. The maximum Gasteiger partial charge on any atom is 0.224 e. The van der Waals surface area contributed by atoms with Gasteiger partial charge in [-0.25, -0.2) is 0 Å². The van der Waals surface area contributed by atoms with E-state index in [1.165, 1.54) is 12.5 Å². The highest BCUT2D eigenvalue weighted by molar-refractivity contribution is 5.98. The molecule has 0 saturated carbocycles. The van der Waals surface area contributed by atoms with Crippen molar-refractivity contribution < 1.29 is 28.7 Å². The predicted octanol–water partition coefficient (Wildman–Crippen LogP) is 3.62. The monoisotopic (exact) mass is 540 g/mol. The van der Waals surface area contributed by atoms with Crippen LogP contribution in [0, 0.1) is 11.8 Å². The number of epoxide rings is 1. The molecular formula is C31H44N2O6. The molecule has 2 fully saturated rings. The minimum Gasteiger partial charge on any atom is -0.361 e. The van der Waals surface area contributed by atoms with Gasteiger partial charge >= 0.3 is 0 Å². The average Bonchev–Trinajstić information content (AvgIpc) is 3.45. The number of aryl methyl sites for hydroxylation is 1. The highest BCUT2D eigenvalue weighted by Gasteiger charge is 2.50. The minimum atomic E-state index is -0.862. The van der Waals surface area contributed by atoms with Gasteiger partial charge in [-0.1, -0.05) is 45.0 Å². The van der Waals surface area contributed by atoms with Crippen LogP contribution in [0.15, 0.2) is 24.3 Å². The van der Waals surface area contributed by atoms with Crippen LogP contribution in [0.3, 0.4) is 0 Å². The molecule has 8 heteroatoms. The number of carbonyl (C=O) groups is 5. The van der Waals surface area contributed by atoms with E-state index in [1.807, 2.05) is 38.1 Å². The Hall–Kier alpha value is -2.87. The summed E-state index contributed by atoms with van der Waals surface area (Å²) in [6.07, 6.45) is 3.21. The second-order valence-electron chi connectivity index (χ2n) is 11.8. The van der Waals surface area contributed by atoms with Crippen molar-refractivity contribution in [3.63, 3.8) is 0 Å². The first kappa shape index (κ1) is 30.7. The summed E-state index contributed by atoms with van der Waals surface area (Å²) in [5, 5.41) is 2.96. The lowest BCUT2D eigenvalue weighted by atomic mass is 9.88. The van der Waals surface area contributed by atoms with Crippen LogP contribution < -0.4 is 5.32 Å². The van der Waals surface area contributed by atoms with Crippen LogP contribution in [0.4, 0.5) is 0 Å². The summed E-state index contributed by atoms with van der Waals surface area (Å²) < 4.78 is 5.37. The van der Waals surface area contributed by atoms with E-state index in [4.69, 9.17) is 4.74 Å². The van der Waals surface area contributed by atoms with Crippen molar-refractivity contribution in [3.8, 4) is 0 Å². The summed E-state index contributed by atoms with van der Waals surface area (Å²) in [6.45, 7) is 10.1. The molecule has 8 nitrogen and oxygen atoms in total. The van der Waals surface area contributed by atoms with E-state index < -0.39 is 23.6 Å². The highest BCUT2D eigenvalue weighted by atomic mass is 16.6. The fourth-order valence-corrected chi connectivity index (χ4v) is 5.27. The quantitative estimate of drug-likeness (QED) is 0.340. The van der Waals surface area contributed by atoms with Gasteiger partial charge in [-0.3, -0.25) is 19.2 Å². The standard InChI is InChI=1S/C31H44N2O6/c1-6-22-10-12-23(13-11-22)17-24(30(38)32-25(16-20(2)3)29(37)31(5)19-39-31)18-27(35)26-8-7-15-33(26)28(36)14-9-21(4)34/h10-13,20,24-26H,6-9,14-19H2,1-5H3,(H,32,38)/t24-,25+,26+,31-/m1/s1. The SMILES string of the molecule is CCc1ccc(C[C@H](CC(=O)[C@@H]2CCCN2C(=O)CCC(C)=O)C(=O)N[C@@H](CC(C)C)C(=O)[C@@]2(C)CO2)cc1. The maximum absolute atomic E-state index is 13.7. The number of ether oxygens (including phenoxy) is 1. The molecule has 214 valence electrons. The zero-order valence-electron chi connectivity index (χ0n) is 24.1. The van der Waals surface area contributed by atoms with Gasteiger partial charge < -0.3 is 19.7 Å². The fourth-order valence-electron chi connectivity index (χ4n) is 5.27. The number of ketones is 3. The van der Waals surface area contributed by atoms with Crippen LogP contribution in [0.5, 0.6) is 0 Å². The van der Waals surface area contributed by atoms with Crippen LogP contribution in [0.1, 0.15) is 84.3 Å². The summed E-state index contributed by atoms with van der Waals surface area (Å²) in [6, 6.07) is 6.72.